The molecule has 0 aromatic carbocycles. The summed E-state index contributed by atoms with van der Waals surface area (Å²) >= 11 is 0. The lowest BCUT2D eigenvalue weighted by molar-refractivity contribution is -0.170. The molecule has 0 saturated carbocycles. The van der Waals surface area contributed by atoms with Gasteiger partial charge in [0.25, 0.3) is 0 Å². The Labute approximate surface area is 404 Å². The van der Waals surface area contributed by atoms with Crippen molar-refractivity contribution in [3.63, 3.8) is 0 Å². The summed E-state index contributed by atoms with van der Waals surface area (Å²) in [5.74, 6) is -5.50. The van der Waals surface area contributed by atoms with E-state index in [0.29, 0.717) is 17.0 Å². The quantitative estimate of drug-likeness (QED) is 0.0384. The molecule has 2 aromatic heterocycles. The van der Waals surface area contributed by atoms with Gasteiger partial charge < -0.3 is 148 Å². The Morgan fingerprint density at radius 3 is 1.14 bits per heavy atom. The molecule has 0 bridgehead atoms. The highest BCUT2D eigenvalue weighted by atomic mass is 31.2. The third kappa shape index (κ3) is 35.1. The van der Waals surface area contributed by atoms with Gasteiger partial charge in [-0.15, -0.1) is 0 Å². The summed E-state index contributed by atoms with van der Waals surface area (Å²) in [6.45, 7) is 0.581. The minimum atomic E-state index is -4.64. The maximum Gasteiger partial charge on any atom is 0.466 e. The molecular formula is C34H65N6O31P. The lowest BCUT2D eigenvalue weighted by atomic mass is 9.96. The summed E-state index contributed by atoms with van der Waals surface area (Å²) in [7, 11) is -4.64. The number of hydrogen-bond acceptors (Lipinski definition) is 29. The third-order valence-electron chi connectivity index (χ3n) is 7.89. The van der Waals surface area contributed by atoms with Crippen molar-refractivity contribution >= 4 is 61.3 Å². The van der Waals surface area contributed by atoms with E-state index in [1.165, 1.54) is 12.7 Å². The van der Waals surface area contributed by atoms with Crippen LogP contribution in [0, 0.1) is 5.92 Å². The van der Waals surface area contributed by atoms with Crippen molar-refractivity contribution in [2.45, 2.75) is 112 Å². The van der Waals surface area contributed by atoms with Gasteiger partial charge in [-0.1, -0.05) is 13.8 Å². The van der Waals surface area contributed by atoms with Crippen LogP contribution < -0.4 is 11.5 Å². The molecule has 72 heavy (non-hydrogen) atoms. The molecule has 0 aliphatic rings. The normalized spacial score (nSPS) is 16.4. The number of aliphatic carboxylic acids is 4. The number of phosphoric acid groups is 1. The average Bonchev–Trinajstić information content (AvgIpc) is 3.81. The minimum Gasteiger partial charge on any atom is -0.481 e. The van der Waals surface area contributed by atoms with Gasteiger partial charge in [-0.2, -0.15) is 0 Å². The van der Waals surface area contributed by atoms with Crippen LogP contribution in [0.2, 0.25) is 0 Å². The number of aliphatic hydroxyl groups is 17. The van der Waals surface area contributed by atoms with Gasteiger partial charge in [-0.3, -0.25) is 14.4 Å². The van der Waals surface area contributed by atoms with E-state index in [0.717, 1.165) is 0 Å². The SMILES string of the molecule is CC(C)C(N)C(=O)O.Nc1ncnc2nc[nH]c12.O=C(O)CC(O)(CC(=O)O)C(=O)O.O=CC(O)C(O)C(O)C(O)CO.O=CC(O)C(O)C(O)C(O)CO.O=P(O)(O)O.OCC(O)C(O)C(O)C(O)CO. The first-order valence-corrected chi connectivity index (χ1v) is 21.0. The number of imidazole rings is 1. The molecule has 29 N–H and O–H groups in total. The number of nitrogen functional groups attached to an aromatic ring is 1. The zero-order valence-electron chi connectivity index (χ0n) is 37.7. The van der Waals surface area contributed by atoms with Crippen LogP contribution in [0.5, 0.6) is 0 Å². The van der Waals surface area contributed by atoms with Crippen LogP contribution in [0.15, 0.2) is 12.7 Å². The fourth-order valence-corrected chi connectivity index (χ4v) is 3.69. The zero-order chi connectivity index (χ0) is 58.0. The number of aliphatic hydroxyl groups excluding tert-OH is 16. The third-order valence-corrected chi connectivity index (χ3v) is 7.89. The van der Waals surface area contributed by atoms with Crippen LogP contribution in [-0.4, -0.2) is 290 Å². The highest BCUT2D eigenvalue weighted by Crippen LogP contribution is 2.25. The van der Waals surface area contributed by atoms with E-state index in [9.17, 15) is 28.8 Å². The second-order valence-corrected chi connectivity index (χ2v) is 15.2. The Balaban J connectivity index is -0.000000246. The van der Waals surface area contributed by atoms with Crippen LogP contribution >= 0.6 is 7.82 Å². The van der Waals surface area contributed by atoms with Crippen LogP contribution in [0.3, 0.4) is 0 Å². The number of carboxylic acid groups (broad SMARTS) is 4. The fraction of sp³-hybridized carbons (Fsp3) is 0.676. The van der Waals surface area contributed by atoms with Gasteiger partial charge in [-0.25, -0.2) is 24.3 Å². The first-order chi connectivity index (χ1) is 32.8. The lowest BCUT2D eigenvalue weighted by Gasteiger charge is -2.24. The number of carbonyl (C=O) groups excluding carboxylic acids is 2. The van der Waals surface area contributed by atoms with E-state index < -0.39 is 156 Å². The van der Waals surface area contributed by atoms with Gasteiger partial charge >= 0.3 is 31.7 Å². The summed E-state index contributed by atoms with van der Waals surface area (Å²) < 4.78 is 8.88. The number of hydrogen-bond donors (Lipinski definition) is 27. The summed E-state index contributed by atoms with van der Waals surface area (Å²) in [6, 6.07) is -0.713. The maximum absolute atomic E-state index is 10.3. The Hall–Kier alpha value is -5.04. The predicted octanol–water partition coefficient (Wildman–Crippen LogP) is -12.5. The number of nitrogens with one attached hydrogen (secondary N) is 1. The molecule has 0 fully saturated rings. The van der Waals surface area contributed by atoms with E-state index in [4.69, 9.17) is 138 Å². The van der Waals surface area contributed by atoms with E-state index in [-0.39, 0.29) is 18.5 Å². The lowest BCUT2D eigenvalue weighted by Crippen LogP contribution is -2.46. The molecule has 38 heteroatoms. The Bertz CT molecular complexity index is 1790. The number of anilines is 1. The number of rotatable bonds is 22. The number of aromatic amines is 1. The summed E-state index contributed by atoms with van der Waals surface area (Å²) in [5, 5.41) is 181. The molecule has 0 aliphatic heterocycles. The zero-order valence-corrected chi connectivity index (χ0v) is 38.6. The standard InChI is InChI=1S/C6H8O7.C6H14O6.2C6H12O6.C5H5N5.C5H11NO2.H3O4P/c7-3(8)1-6(13,5(11)12)2-4(9)10;3*7-1-3(9)5(11)6(12)4(10)2-8;6-4-3-5(9-1-7-3)10-2-8-4;1-3(2)4(6)5(7)8;1-5(2,3)4/h13H,1-2H2,(H,7,8)(H,9,10)(H,11,12);3-12H,1-2H2;2*1,3-6,8-12H,2H2;1-2H,(H3,6,7,8,9,10);3-4H,6H2,1-2H3,(H,7,8);(H3,1,2,3,4). The summed E-state index contributed by atoms with van der Waals surface area (Å²) in [4.78, 5) is 96.2. The van der Waals surface area contributed by atoms with Crippen molar-refractivity contribution in [3.05, 3.63) is 12.7 Å². The van der Waals surface area contributed by atoms with Crippen LogP contribution in [0.1, 0.15) is 26.7 Å². The van der Waals surface area contributed by atoms with Gasteiger partial charge in [0.05, 0.1) is 45.6 Å². The second kappa shape index (κ2) is 39.5. The number of nitrogens with two attached hydrogens (primary N) is 2. The van der Waals surface area contributed by atoms with Gasteiger partial charge in [0, 0.05) is 0 Å². The van der Waals surface area contributed by atoms with Crippen molar-refractivity contribution in [1.29, 1.82) is 0 Å². The Morgan fingerprint density at radius 2 is 0.931 bits per heavy atom. The van der Waals surface area contributed by atoms with E-state index in [1.54, 1.807) is 13.8 Å². The molecule has 0 saturated heterocycles. The van der Waals surface area contributed by atoms with Crippen molar-refractivity contribution in [1.82, 2.24) is 19.9 Å². The largest absolute Gasteiger partial charge is 0.481 e. The van der Waals surface area contributed by atoms with E-state index >= 15 is 0 Å². The molecule has 2 heterocycles. The molecule has 0 radical (unpaired) electrons. The van der Waals surface area contributed by atoms with Gasteiger partial charge in [-0.05, 0) is 5.92 Å². The van der Waals surface area contributed by atoms with Crippen LogP contribution in [-0.2, 0) is 33.3 Å². The number of nitrogens with zero attached hydrogens (tertiary/aromatic N) is 3. The molecule has 13 unspecified atom stereocenters. The highest BCUT2D eigenvalue weighted by molar-refractivity contribution is 7.45. The molecule has 0 aliphatic carbocycles. The molecular weight excluding hydrogens is 1020 g/mol. The number of carbonyl (C=O) groups is 6. The molecule has 0 amide bonds. The number of aromatic nitrogens is 4. The van der Waals surface area contributed by atoms with Gasteiger partial charge in [0.2, 0.25) is 0 Å². The van der Waals surface area contributed by atoms with Crippen molar-refractivity contribution in [2.75, 3.05) is 32.2 Å². The molecule has 2 rings (SSSR count). The number of aldehydes is 2. The minimum absolute atomic E-state index is 0.0208. The maximum atomic E-state index is 10.3. The van der Waals surface area contributed by atoms with Crippen molar-refractivity contribution in [3.8, 4) is 0 Å². The second-order valence-electron chi connectivity index (χ2n) is 14.2. The Kier molecular flexibility index (Phi) is 41.6. The topological polar surface area (TPSA) is 712 Å². The van der Waals surface area contributed by atoms with E-state index in [2.05, 4.69) is 19.9 Å². The van der Waals surface area contributed by atoms with E-state index in [1.807, 2.05) is 0 Å². The monoisotopic (exact) mass is 1080 g/mol. The van der Waals surface area contributed by atoms with Crippen LogP contribution in [0.4, 0.5) is 5.82 Å². The first-order valence-electron chi connectivity index (χ1n) is 19.4. The smallest absolute Gasteiger partial charge is 0.466 e. The molecule has 2 aromatic rings. The highest BCUT2D eigenvalue weighted by Gasteiger charge is 2.41. The Morgan fingerprint density at radius 1 is 0.625 bits per heavy atom. The number of fused-ring (bicyclic) bond motifs is 1. The first kappa shape index (κ1) is 75.9. The number of carboxylic acids is 4. The average molecular weight is 1080 g/mol. The summed E-state index contributed by atoms with van der Waals surface area (Å²) in [6.07, 6.45) is -19.4. The molecule has 37 nitrogen and oxygen atoms in total. The van der Waals surface area contributed by atoms with Crippen molar-refractivity contribution in [2.24, 2.45) is 11.7 Å². The molecule has 0 spiro atoms. The fourth-order valence-electron chi connectivity index (χ4n) is 3.69. The molecule has 422 valence electrons. The number of H-pyrrole nitrogens is 1. The predicted molar refractivity (Wildman–Crippen MR) is 230 cm³/mol. The van der Waals surface area contributed by atoms with Crippen LogP contribution in [0.25, 0.3) is 11.2 Å². The molecule has 13 atom stereocenters. The van der Waals surface area contributed by atoms with Gasteiger partial charge in [0.1, 0.15) is 91.1 Å². The summed E-state index contributed by atoms with van der Waals surface area (Å²) in [5.41, 5.74) is 9.20. The van der Waals surface area contributed by atoms with Crippen molar-refractivity contribution < 1.29 is 155 Å². The van der Waals surface area contributed by atoms with Gasteiger partial charge in [0.15, 0.2) is 29.6 Å².